The Kier molecular flexibility index (Phi) is 1.55. The number of nitrogens with zero attached hydrogens (tertiary/aromatic N) is 3. The molecule has 0 aliphatic rings. The Balaban J connectivity index is 2.62. The van der Waals surface area contributed by atoms with Crippen LogP contribution in [0, 0.1) is 0 Å². The average Bonchev–Trinajstić information content (AvgIpc) is 2.46. The summed E-state index contributed by atoms with van der Waals surface area (Å²) in [6, 6.07) is -0.0232. The molecule has 2 aromatic rings. The Morgan fingerprint density at radius 3 is 3.08 bits per heavy atom. The number of imidazole rings is 1. The molecule has 0 bridgehead atoms. The van der Waals surface area contributed by atoms with E-state index in [0.29, 0.717) is 0 Å². The Morgan fingerprint density at radius 2 is 2.42 bits per heavy atom. The maximum atomic E-state index is 5.68. The lowest BCUT2D eigenvalue weighted by molar-refractivity contribution is 0.790. The van der Waals surface area contributed by atoms with Gasteiger partial charge in [0.1, 0.15) is 0 Å². The Morgan fingerprint density at radius 1 is 1.58 bits per heavy atom. The van der Waals surface area contributed by atoms with Crippen molar-refractivity contribution in [1.82, 2.24) is 14.4 Å². The first-order valence-corrected chi connectivity index (χ1v) is 3.81. The van der Waals surface area contributed by atoms with Gasteiger partial charge in [0.25, 0.3) is 0 Å². The van der Waals surface area contributed by atoms with Gasteiger partial charge in [0, 0.05) is 24.6 Å². The smallest absolute Gasteiger partial charge is 0.155 e. The molecule has 0 fully saturated rings. The van der Waals surface area contributed by atoms with E-state index < -0.39 is 0 Å². The van der Waals surface area contributed by atoms with Crippen molar-refractivity contribution < 1.29 is 0 Å². The summed E-state index contributed by atoms with van der Waals surface area (Å²) in [5.41, 5.74) is 7.41. The van der Waals surface area contributed by atoms with Gasteiger partial charge in [-0.3, -0.25) is 4.98 Å². The van der Waals surface area contributed by atoms with E-state index in [1.807, 2.05) is 23.7 Å². The second kappa shape index (κ2) is 2.57. The zero-order valence-corrected chi connectivity index (χ0v) is 6.81. The van der Waals surface area contributed by atoms with Crippen molar-refractivity contribution in [2.75, 3.05) is 0 Å². The van der Waals surface area contributed by atoms with Crippen LogP contribution in [0.25, 0.3) is 5.65 Å². The van der Waals surface area contributed by atoms with Crippen LogP contribution < -0.4 is 5.73 Å². The zero-order chi connectivity index (χ0) is 8.55. The lowest BCUT2D eigenvalue weighted by atomic mass is 10.3. The molecular formula is C8H10N4. The molecule has 4 nitrogen and oxygen atoms in total. The van der Waals surface area contributed by atoms with Gasteiger partial charge in [-0.2, -0.15) is 0 Å². The first-order chi connectivity index (χ1) is 5.77. The van der Waals surface area contributed by atoms with Crippen LogP contribution >= 0.6 is 0 Å². The van der Waals surface area contributed by atoms with Crippen molar-refractivity contribution >= 4 is 5.65 Å². The first-order valence-electron chi connectivity index (χ1n) is 3.81. The fourth-order valence-corrected chi connectivity index (χ4v) is 1.08. The molecule has 0 spiro atoms. The summed E-state index contributed by atoms with van der Waals surface area (Å²) in [6.45, 7) is 1.91. The quantitative estimate of drug-likeness (QED) is 0.673. The molecular weight excluding hydrogens is 152 g/mol. The maximum Gasteiger partial charge on any atom is 0.155 e. The number of nitrogens with two attached hydrogens (primary N) is 1. The highest BCUT2D eigenvalue weighted by Gasteiger charge is 2.04. The highest BCUT2D eigenvalue weighted by Crippen LogP contribution is 2.08. The summed E-state index contributed by atoms with van der Waals surface area (Å²) in [4.78, 5) is 8.25. The molecule has 62 valence electrons. The first kappa shape index (κ1) is 7.24. The Labute approximate surface area is 70.1 Å². The molecule has 2 heterocycles. The highest BCUT2D eigenvalue weighted by molar-refractivity contribution is 5.36. The normalized spacial score (nSPS) is 13.5. The molecule has 0 saturated heterocycles. The highest BCUT2D eigenvalue weighted by atomic mass is 15.0. The van der Waals surface area contributed by atoms with Crippen LogP contribution in [0.4, 0.5) is 0 Å². The molecule has 0 aliphatic heterocycles. The SMILES string of the molecule is CC(N)c1cn2ccncc2n1. The van der Waals surface area contributed by atoms with E-state index in [1.54, 1.807) is 12.4 Å². The molecule has 0 saturated carbocycles. The van der Waals surface area contributed by atoms with Gasteiger partial charge in [-0.25, -0.2) is 4.98 Å². The molecule has 2 rings (SSSR count). The molecule has 0 aliphatic carbocycles. The molecule has 1 atom stereocenters. The van der Waals surface area contributed by atoms with Gasteiger partial charge in [-0.05, 0) is 6.92 Å². The third-order valence-electron chi connectivity index (χ3n) is 1.75. The van der Waals surface area contributed by atoms with Crippen LogP contribution in [0.3, 0.4) is 0 Å². The van der Waals surface area contributed by atoms with Gasteiger partial charge in [0.05, 0.1) is 11.9 Å². The van der Waals surface area contributed by atoms with E-state index in [0.717, 1.165) is 11.3 Å². The second-order valence-electron chi connectivity index (χ2n) is 2.80. The largest absolute Gasteiger partial charge is 0.323 e. The van der Waals surface area contributed by atoms with E-state index in [-0.39, 0.29) is 6.04 Å². The monoisotopic (exact) mass is 162 g/mol. The summed E-state index contributed by atoms with van der Waals surface area (Å²) < 4.78 is 1.91. The van der Waals surface area contributed by atoms with Crippen LogP contribution in [-0.4, -0.2) is 14.4 Å². The van der Waals surface area contributed by atoms with Crippen molar-refractivity contribution in [1.29, 1.82) is 0 Å². The van der Waals surface area contributed by atoms with Gasteiger partial charge >= 0.3 is 0 Å². The predicted molar refractivity (Wildman–Crippen MR) is 45.6 cm³/mol. The number of rotatable bonds is 1. The van der Waals surface area contributed by atoms with E-state index in [2.05, 4.69) is 9.97 Å². The Hall–Kier alpha value is -1.42. The molecule has 1 unspecified atom stereocenters. The van der Waals surface area contributed by atoms with E-state index in [9.17, 15) is 0 Å². The van der Waals surface area contributed by atoms with Crippen molar-refractivity contribution in [2.24, 2.45) is 5.73 Å². The van der Waals surface area contributed by atoms with E-state index in [1.165, 1.54) is 0 Å². The van der Waals surface area contributed by atoms with Gasteiger partial charge in [0.2, 0.25) is 0 Å². The lowest BCUT2D eigenvalue weighted by Crippen LogP contribution is -2.04. The minimum absolute atomic E-state index is 0.0232. The summed E-state index contributed by atoms with van der Waals surface area (Å²) >= 11 is 0. The van der Waals surface area contributed by atoms with Crippen LogP contribution in [0.15, 0.2) is 24.8 Å². The van der Waals surface area contributed by atoms with Crippen molar-refractivity contribution in [3.8, 4) is 0 Å². The topological polar surface area (TPSA) is 56.2 Å². The third-order valence-corrected chi connectivity index (χ3v) is 1.75. The predicted octanol–water partition coefficient (Wildman–Crippen LogP) is 0.749. The number of hydrogen-bond acceptors (Lipinski definition) is 3. The Bertz CT molecular complexity index is 358. The van der Waals surface area contributed by atoms with Gasteiger partial charge < -0.3 is 10.1 Å². The molecule has 0 aromatic carbocycles. The average molecular weight is 162 g/mol. The number of aromatic nitrogens is 3. The van der Waals surface area contributed by atoms with E-state index in [4.69, 9.17) is 5.73 Å². The summed E-state index contributed by atoms with van der Waals surface area (Å²) in [5.74, 6) is 0. The summed E-state index contributed by atoms with van der Waals surface area (Å²) in [5, 5.41) is 0. The van der Waals surface area contributed by atoms with Crippen LogP contribution in [-0.2, 0) is 0 Å². The minimum atomic E-state index is -0.0232. The number of fused-ring (bicyclic) bond motifs is 1. The van der Waals surface area contributed by atoms with Gasteiger partial charge in [0.15, 0.2) is 5.65 Å². The number of hydrogen-bond donors (Lipinski definition) is 1. The molecule has 4 heteroatoms. The molecule has 2 aromatic heterocycles. The van der Waals surface area contributed by atoms with E-state index >= 15 is 0 Å². The summed E-state index contributed by atoms with van der Waals surface area (Å²) in [7, 11) is 0. The fourth-order valence-electron chi connectivity index (χ4n) is 1.08. The maximum absolute atomic E-state index is 5.68. The fraction of sp³-hybridized carbons (Fsp3) is 0.250. The van der Waals surface area contributed by atoms with Gasteiger partial charge in [-0.15, -0.1) is 0 Å². The van der Waals surface area contributed by atoms with Crippen molar-refractivity contribution in [2.45, 2.75) is 13.0 Å². The lowest BCUT2D eigenvalue weighted by Gasteiger charge is -1.95. The minimum Gasteiger partial charge on any atom is -0.323 e. The zero-order valence-electron chi connectivity index (χ0n) is 6.81. The second-order valence-corrected chi connectivity index (χ2v) is 2.80. The third kappa shape index (κ3) is 1.06. The standard InChI is InChI=1S/C8H10N4/c1-6(9)7-5-12-3-2-10-4-8(12)11-7/h2-6H,9H2,1H3. The molecule has 12 heavy (non-hydrogen) atoms. The van der Waals surface area contributed by atoms with Crippen molar-refractivity contribution in [3.63, 3.8) is 0 Å². The van der Waals surface area contributed by atoms with Gasteiger partial charge in [-0.1, -0.05) is 0 Å². The molecule has 2 N–H and O–H groups in total. The summed E-state index contributed by atoms with van der Waals surface area (Å²) in [6.07, 6.45) is 7.21. The van der Waals surface area contributed by atoms with Crippen molar-refractivity contribution in [3.05, 3.63) is 30.5 Å². The van der Waals surface area contributed by atoms with Crippen LogP contribution in [0.2, 0.25) is 0 Å². The molecule has 0 radical (unpaired) electrons. The van der Waals surface area contributed by atoms with Crippen LogP contribution in [0.1, 0.15) is 18.7 Å². The van der Waals surface area contributed by atoms with Crippen LogP contribution in [0.5, 0.6) is 0 Å². The molecule has 0 amide bonds.